The number of carbonyl (C=O) groups is 2. The molecular formula is C4H4O4V. The van der Waals surface area contributed by atoms with Crippen molar-refractivity contribution in [2.75, 3.05) is 0 Å². The van der Waals surface area contributed by atoms with Crippen molar-refractivity contribution in [3.05, 3.63) is 0 Å². The van der Waals surface area contributed by atoms with Gasteiger partial charge in [-0.3, -0.25) is 0 Å². The van der Waals surface area contributed by atoms with E-state index in [0.717, 1.165) is 4.73 Å². The van der Waals surface area contributed by atoms with Crippen molar-refractivity contribution in [3.8, 4) is 0 Å². The fourth-order valence-corrected chi connectivity index (χ4v) is 0.580. The fraction of sp³-hybridized carbons (Fsp3) is 0.250. The SMILES string of the molecule is [O]=[V]=[CH]C(=O)CC(=O)O. The van der Waals surface area contributed by atoms with Crippen LogP contribution in [0.15, 0.2) is 0 Å². The van der Waals surface area contributed by atoms with Crippen LogP contribution in [0.5, 0.6) is 0 Å². The van der Waals surface area contributed by atoms with Crippen LogP contribution >= 0.6 is 0 Å². The van der Waals surface area contributed by atoms with Gasteiger partial charge in [-0.1, -0.05) is 0 Å². The van der Waals surface area contributed by atoms with Crippen LogP contribution in [0.2, 0.25) is 0 Å². The molecular weight excluding hydrogens is 163 g/mol. The summed E-state index contributed by atoms with van der Waals surface area (Å²) in [5, 5.41) is 7.98. The minimum absolute atomic E-state index is 0.558. The first-order valence-electron chi connectivity index (χ1n) is 2.07. The summed E-state index contributed by atoms with van der Waals surface area (Å²) in [6.45, 7) is 0. The number of hydrogen-bond donors (Lipinski definition) is 1. The zero-order valence-corrected chi connectivity index (χ0v) is 5.80. The van der Waals surface area contributed by atoms with Crippen LogP contribution in [0.25, 0.3) is 0 Å². The standard InChI is InChI=1S/C4H4O3.O.V/c1-3(5)2-4(6)7;;/h1H,2H2,(H,6,7);;. The van der Waals surface area contributed by atoms with Gasteiger partial charge >= 0.3 is 57.1 Å². The number of carboxylic acids is 1. The van der Waals surface area contributed by atoms with E-state index >= 15 is 0 Å². The predicted molar refractivity (Wildman–Crippen MR) is 24.0 cm³/mol. The quantitative estimate of drug-likeness (QED) is 0.562. The van der Waals surface area contributed by atoms with Gasteiger partial charge in [-0.05, 0) is 0 Å². The van der Waals surface area contributed by atoms with Gasteiger partial charge in [0.05, 0.1) is 0 Å². The van der Waals surface area contributed by atoms with Gasteiger partial charge in [0.2, 0.25) is 0 Å². The van der Waals surface area contributed by atoms with Gasteiger partial charge in [-0.2, -0.15) is 0 Å². The molecule has 4 nitrogen and oxygen atoms in total. The van der Waals surface area contributed by atoms with Crippen LogP contribution in [0.4, 0.5) is 0 Å². The van der Waals surface area contributed by atoms with Crippen LogP contribution in [0, 0.1) is 0 Å². The Bertz CT molecular complexity index is 179. The van der Waals surface area contributed by atoms with Gasteiger partial charge in [0.1, 0.15) is 0 Å². The molecule has 0 saturated heterocycles. The number of hydrogen-bond acceptors (Lipinski definition) is 3. The molecule has 0 amide bonds. The average molecular weight is 167 g/mol. The van der Waals surface area contributed by atoms with E-state index in [1.807, 2.05) is 0 Å². The van der Waals surface area contributed by atoms with Gasteiger partial charge in [0, 0.05) is 0 Å². The summed E-state index contributed by atoms with van der Waals surface area (Å²) >= 11 is -1.33. The molecule has 0 fully saturated rings. The van der Waals surface area contributed by atoms with Crippen molar-refractivity contribution in [2.24, 2.45) is 0 Å². The molecule has 0 aliphatic rings. The Hall–Kier alpha value is -0.606. The van der Waals surface area contributed by atoms with Crippen LogP contribution in [-0.4, -0.2) is 21.6 Å². The maximum atomic E-state index is 10.2. The van der Waals surface area contributed by atoms with Gasteiger partial charge < -0.3 is 0 Å². The van der Waals surface area contributed by atoms with E-state index in [1.165, 1.54) is 0 Å². The molecule has 0 aromatic carbocycles. The summed E-state index contributed by atoms with van der Waals surface area (Å²) in [4.78, 5) is 20.0. The average Bonchev–Trinajstić information content (AvgIpc) is 1.63. The topological polar surface area (TPSA) is 71.4 Å². The van der Waals surface area contributed by atoms with Crippen LogP contribution < -0.4 is 0 Å². The summed E-state index contributed by atoms with van der Waals surface area (Å²) in [5.41, 5.74) is 0. The first kappa shape index (κ1) is 8.39. The summed E-state index contributed by atoms with van der Waals surface area (Å²) < 4.78 is 10.7. The fourth-order valence-electron chi connectivity index (χ4n) is 0.253. The molecule has 0 spiro atoms. The number of Topliss-reactive ketones (excluding diaryl/α,β-unsaturated/α-hetero) is 1. The predicted octanol–water partition coefficient (Wildman–Crippen LogP) is -0.740. The molecule has 0 aromatic rings. The Kier molecular flexibility index (Phi) is 4.00. The second-order valence-corrected chi connectivity index (χ2v) is 2.00. The molecule has 0 radical (unpaired) electrons. The molecule has 49 valence electrons. The number of carbonyl (C=O) groups excluding carboxylic acids is 1. The molecule has 0 saturated carbocycles. The van der Waals surface area contributed by atoms with E-state index in [4.69, 9.17) is 5.11 Å². The summed E-state index contributed by atoms with van der Waals surface area (Å²) in [7, 11) is 0. The van der Waals surface area contributed by atoms with Crippen LogP contribution in [-0.2, 0) is 29.1 Å². The minimum atomic E-state index is -1.33. The summed E-state index contributed by atoms with van der Waals surface area (Å²) in [5.74, 6) is -1.77. The molecule has 0 bridgehead atoms. The van der Waals surface area contributed by atoms with E-state index in [0.29, 0.717) is 0 Å². The Morgan fingerprint density at radius 1 is 1.56 bits per heavy atom. The summed E-state index contributed by atoms with van der Waals surface area (Å²) in [6, 6.07) is 0. The Morgan fingerprint density at radius 2 is 2.11 bits per heavy atom. The first-order chi connectivity index (χ1) is 4.16. The normalized spacial score (nSPS) is 7.56. The molecule has 0 unspecified atom stereocenters. The van der Waals surface area contributed by atoms with Crippen molar-refractivity contribution < 1.29 is 34.2 Å². The third-order valence-electron chi connectivity index (χ3n) is 0.522. The molecule has 1 N–H and O–H groups in total. The monoisotopic (exact) mass is 167 g/mol. The van der Waals surface area contributed by atoms with Gasteiger partial charge in [-0.15, -0.1) is 0 Å². The molecule has 0 aromatic heterocycles. The van der Waals surface area contributed by atoms with Gasteiger partial charge in [0.25, 0.3) is 0 Å². The zero-order chi connectivity index (χ0) is 7.28. The second-order valence-electron chi connectivity index (χ2n) is 1.27. The van der Waals surface area contributed by atoms with E-state index < -0.39 is 34.0 Å². The van der Waals surface area contributed by atoms with Crippen molar-refractivity contribution in [1.82, 2.24) is 0 Å². The number of aliphatic carboxylic acids is 1. The molecule has 0 aliphatic heterocycles. The number of rotatable bonds is 3. The van der Waals surface area contributed by atoms with Crippen molar-refractivity contribution >= 4 is 16.5 Å². The maximum absolute atomic E-state index is 10.2. The molecule has 9 heavy (non-hydrogen) atoms. The Labute approximate surface area is 57.7 Å². The Balaban J connectivity index is 3.78. The third-order valence-corrected chi connectivity index (χ3v) is 1.14. The molecule has 0 rings (SSSR count). The van der Waals surface area contributed by atoms with Crippen LogP contribution in [0.3, 0.4) is 0 Å². The van der Waals surface area contributed by atoms with E-state index in [1.54, 1.807) is 0 Å². The molecule has 0 atom stereocenters. The first-order valence-corrected chi connectivity index (χ1v) is 3.44. The number of ketones is 1. The van der Waals surface area contributed by atoms with E-state index in [9.17, 15) is 13.3 Å². The van der Waals surface area contributed by atoms with Gasteiger partial charge in [-0.25, -0.2) is 0 Å². The second kappa shape index (κ2) is 4.29. The van der Waals surface area contributed by atoms with E-state index in [-0.39, 0.29) is 0 Å². The van der Waals surface area contributed by atoms with Crippen molar-refractivity contribution in [3.63, 3.8) is 0 Å². The van der Waals surface area contributed by atoms with Crippen molar-refractivity contribution in [1.29, 1.82) is 0 Å². The van der Waals surface area contributed by atoms with Crippen LogP contribution in [0.1, 0.15) is 6.42 Å². The van der Waals surface area contributed by atoms with Gasteiger partial charge in [0.15, 0.2) is 0 Å². The van der Waals surface area contributed by atoms with Crippen molar-refractivity contribution in [2.45, 2.75) is 6.42 Å². The van der Waals surface area contributed by atoms with E-state index in [2.05, 4.69) is 0 Å². The number of carboxylic acid groups (broad SMARTS) is 1. The third kappa shape index (κ3) is 5.26. The Morgan fingerprint density at radius 3 is 2.44 bits per heavy atom. The molecule has 0 aliphatic carbocycles. The zero-order valence-electron chi connectivity index (χ0n) is 4.40. The molecule has 0 heterocycles. The molecule has 5 heteroatoms. The summed E-state index contributed by atoms with van der Waals surface area (Å²) in [6.07, 6.45) is -0.558.